The number of aryl methyl sites for hydroxylation is 1. The van der Waals surface area contributed by atoms with E-state index in [-0.39, 0.29) is 5.56 Å². The summed E-state index contributed by atoms with van der Waals surface area (Å²) in [5.74, 6) is -2.52. The number of alkyl halides is 3. The van der Waals surface area contributed by atoms with Crippen LogP contribution in [0.1, 0.15) is 15.2 Å². The van der Waals surface area contributed by atoms with Crippen molar-refractivity contribution in [3.8, 4) is 5.75 Å². The number of hydrogen-bond donors (Lipinski definition) is 0. The van der Waals surface area contributed by atoms with Crippen LogP contribution in [0.5, 0.6) is 5.75 Å². The van der Waals surface area contributed by atoms with Gasteiger partial charge in [0.2, 0.25) is 6.10 Å². The Hall–Kier alpha value is -1.98. The monoisotopic (exact) mass is 260 g/mol. The van der Waals surface area contributed by atoms with Gasteiger partial charge in [0, 0.05) is 15.2 Å². The summed E-state index contributed by atoms with van der Waals surface area (Å²) in [7, 11) is 0. The first-order valence-corrected chi connectivity index (χ1v) is 4.81. The number of carboxylic acids is 1. The fourth-order valence-electron chi connectivity index (χ4n) is 1.63. The zero-order chi connectivity index (χ0) is 16.0. The number of carbonyl (C=O) groups excluding carboxylic acids is 1. The van der Waals surface area contributed by atoms with Crippen molar-refractivity contribution in [3.05, 3.63) is 34.9 Å². The average Bonchev–Trinajstić information content (AvgIpc) is 2.34. The van der Waals surface area contributed by atoms with Crippen molar-refractivity contribution in [1.29, 1.82) is 0 Å². The molecule has 1 unspecified atom stereocenters. The second-order valence-electron chi connectivity index (χ2n) is 3.65. The number of ether oxygens (including phenoxy) is 1. The molecule has 0 aromatic heterocycles. The predicted octanol–water partition coefficient (Wildman–Crippen LogP) is 1.45. The zero-order valence-corrected chi connectivity index (χ0v) is 8.75. The lowest BCUT2D eigenvalue weighted by molar-refractivity contribution is -0.302. The second kappa shape index (κ2) is 4.04. The number of fused-ring (bicyclic) bond motifs is 1. The Labute approximate surface area is 105 Å². The molecule has 1 aliphatic rings. The minimum atomic E-state index is -5.01. The standard InChI is InChI=1S/C12H9F3O3/c1-6-3-2-4-7-5-8(11(16)17)10(12(13,14)15)18-9(6)7/h2-5,10H,1H3,(H,16,17)/p-1/i1D3. The Bertz CT molecular complexity index is 620. The van der Waals surface area contributed by atoms with Crippen molar-refractivity contribution < 1.29 is 31.9 Å². The molecule has 0 saturated heterocycles. The molecule has 0 aliphatic carbocycles. The lowest BCUT2D eigenvalue weighted by atomic mass is 9.99. The van der Waals surface area contributed by atoms with Crippen molar-refractivity contribution in [2.75, 3.05) is 0 Å². The average molecular weight is 260 g/mol. The van der Waals surface area contributed by atoms with Gasteiger partial charge in [-0.2, -0.15) is 13.2 Å². The van der Waals surface area contributed by atoms with E-state index < -0.39 is 42.0 Å². The Balaban J connectivity index is 2.64. The van der Waals surface area contributed by atoms with Gasteiger partial charge in [-0.15, -0.1) is 0 Å². The maximum absolute atomic E-state index is 12.9. The van der Waals surface area contributed by atoms with Crippen molar-refractivity contribution in [1.82, 2.24) is 0 Å². The third kappa shape index (κ3) is 2.05. The lowest BCUT2D eigenvalue weighted by Crippen LogP contribution is -2.44. The number of carboxylic acid groups (broad SMARTS) is 1. The highest BCUT2D eigenvalue weighted by molar-refractivity contribution is 5.93. The van der Waals surface area contributed by atoms with Gasteiger partial charge in [0.05, 0.1) is 5.97 Å². The van der Waals surface area contributed by atoms with Crippen LogP contribution in [0.3, 0.4) is 0 Å². The van der Waals surface area contributed by atoms with Gasteiger partial charge in [0.25, 0.3) is 0 Å². The van der Waals surface area contributed by atoms with E-state index in [0.717, 1.165) is 12.1 Å². The van der Waals surface area contributed by atoms with Crippen LogP contribution in [0.25, 0.3) is 6.08 Å². The minimum absolute atomic E-state index is 0.0525. The van der Waals surface area contributed by atoms with Crippen LogP contribution in [0.15, 0.2) is 23.8 Å². The van der Waals surface area contributed by atoms with Gasteiger partial charge in [-0.25, -0.2) is 0 Å². The normalized spacial score (nSPS) is 21.8. The van der Waals surface area contributed by atoms with Gasteiger partial charge in [0.1, 0.15) is 5.75 Å². The first kappa shape index (κ1) is 9.02. The highest BCUT2D eigenvalue weighted by atomic mass is 19.4. The molecule has 0 fully saturated rings. The fraction of sp³-hybridized carbons (Fsp3) is 0.250. The fourth-order valence-corrected chi connectivity index (χ4v) is 1.63. The molecule has 1 aromatic rings. The topological polar surface area (TPSA) is 49.4 Å². The molecule has 1 atom stereocenters. The summed E-state index contributed by atoms with van der Waals surface area (Å²) in [6.45, 7) is -2.69. The molecule has 1 heterocycles. The molecule has 0 spiro atoms. The molecule has 1 aromatic carbocycles. The molecule has 1 aliphatic heterocycles. The van der Waals surface area contributed by atoms with Crippen molar-refractivity contribution in [2.45, 2.75) is 19.1 Å². The van der Waals surface area contributed by atoms with E-state index in [1.807, 2.05) is 0 Å². The Morgan fingerprint density at radius 2 is 2.22 bits per heavy atom. The second-order valence-corrected chi connectivity index (χ2v) is 3.65. The van der Waals surface area contributed by atoms with Gasteiger partial charge in [-0.3, -0.25) is 0 Å². The van der Waals surface area contributed by atoms with E-state index in [4.69, 9.17) is 4.11 Å². The van der Waals surface area contributed by atoms with E-state index in [2.05, 4.69) is 4.74 Å². The Morgan fingerprint density at radius 3 is 2.78 bits per heavy atom. The number of halogens is 3. The summed E-state index contributed by atoms with van der Waals surface area (Å²) in [5.41, 5.74) is -1.57. The highest BCUT2D eigenvalue weighted by Crippen LogP contribution is 2.38. The van der Waals surface area contributed by atoms with Crippen LogP contribution < -0.4 is 9.84 Å². The molecule has 18 heavy (non-hydrogen) atoms. The van der Waals surface area contributed by atoms with E-state index >= 15 is 0 Å². The maximum atomic E-state index is 12.9. The largest absolute Gasteiger partial charge is 0.545 e. The van der Waals surface area contributed by atoms with Crippen LogP contribution in [0.4, 0.5) is 13.2 Å². The van der Waals surface area contributed by atoms with E-state index in [9.17, 15) is 23.1 Å². The van der Waals surface area contributed by atoms with Gasteiger partial charge in [0.15, 0.2) is 0 Å². The number of para-hydroxylation sites is 1. The van der Waals surface area contributed by atoms with Gasteiger partial charge < -0.3 is 14.6 Å². The van der Waals surface area contributed by atoms with Crippen LogP contribution in [-0.4, -0.2) is 18.2 Å². The molecule has 2 rings (SSSR count). The quantitative estimate of drug-likeness (QED) is 0.768. The van der Waals surface area contributed by atoms with Crippen LogP contribution in [-0.2, 0) is 4.79 Å². The van der Waals surface area contributed by atoms with Gasteiger partial charge in [-0.1, -0.05) is 18.2 Å². The molecular formula is C12H8F3O3-. The molecule has 0 N–H and O–H groups in total. The summed E-state index contributed by atoms with van der Waals surface area (Å²) in [6, 6.07) is 3.67. The number of rotatable bonds is 1. The first-order chi connectivity index (χ1) is 9.51. The van der Waals surface area contributed by atoms with E-state index in [0.29, 0.717) is 0 Å². The van der Waals surface area contributed by atoms with Crippen molar-refractivity contribution >= 4 is 12.0 Å². The summed E-state index contributed by atoms with van der Waals surface area (Å²) in [6.07, 6.45) is -7.05. The molecule has 0 bridgehead atoms. The van der Waals surface area contributed by atoms with Crippen LogP contribution >= 0.6 is 0 Å². The summed E-state index contributed by atoms with van der Waals surface area (Å²) >= 11 is 0. The Morgan fingerprint density at radius 1 is 1.50 bits per heavy atom. The molecule has 0 saturated carbocycles. The molecule has 3 nitrogen and oxygen atoms in total. The minimum Gasteiger partial charge on any atom is -0.545 e. The van der Waals surface area contributed by atoms with E-state index in [1.165, 1.54) is 12.1 Å². The summed E-state index contributed by atoms with van der Waals surface area (Å²) < 4.78 is 65.2. The SMILES string of the molecule is [2H]C([2H])([2H])c1cccc2c1OC(C(F)(F)F)C(C(=O)[O-])=C2. The maximum Gasteiger partial charge on any atom is 0.429 e. The van der Waals surface area contributed by atoms with E-state index in [1.54, 1.807) is 0 Å². The van der Waals surface area contributed by atoms with Crippen molar-refractivity contribution in [2.24, 2.45) is 0 Å². The first-order valence-electron chi connectivity index (χ1n) is 6.31. The van der Waals surface area contributed by atoms with Crippen LogP contribution in [0.2, 0.25) is 0 Å². The zero-order valence-electron chi connectivity index (χ0n) is 11.7. The molecule has 96 valence electrons. The third-order valence-corrected chi connectivity index (χ3v) is 2.41. The van der Waals surface area contributed by atoms with Gasteiger partial charge >= 0.3 is 6.18 Å². The third-order valence-electron chi connectivity index (χ3n) is 2.41. The molecule has 6 heteroatoms. The molecule has 0 radical (unpaired) electrons. The summed E-state index contributed by atoms with van der Waals surface area (Å²) in [5, 5.41) is 10.8. The molecule has 0 amide bonds. The lowest BCUT2D eigenvalue weighted by Gasteiger charge is -2.30. The summed E-state index contributed by atoms with van der Waals surface area (Å²) in [4.78, 5) is 10.8. The predicted molar refractivity (Wildman–Crippen MR) is 54.6 cm³/mol. The van der Waals surface area contributed by atoms with Crippen LogP contribution in [0, 0.1) is 6.85 Å². The smallest absolute Gasteiger partial charge is 0.429 e. The highest BCUT2D eigenvalue weighted by Gasteiger charge is 2.46. The number of hydrogen-bond acceptors (Lipinski definition) is 3. The Kier molecular flexibility index (Phi) is 2.03. The number of carbonyl (C=O) groups is 1. The van der Waals surface area contributed by atoms with Gasteiger partial charge in [-0.05, 0) is 18.5 Å². The number of aliphatic carboxylic acids is 1. The number of benzene rings is 1. The molecular weight excluding hydrogens is 249 g/mol. The van der Waals surface area contributed by atoms with Crippen molar-refractivity contribution in [3.63, 3.8) is 0 Å².